The number of hydrogen-bond donors (Lipinski definition) is 4. The largest absolute Gasteiger partial charge is 0.506 e. The van der Waals surface area contributed by atoms with Crippen molar-refractivity contribution in [2.24, 2.45) is 7.05 Å². The van der Waals surface area contributed by atoms with Gasteiger partial charge in [0.15, 0.2) is 6.10 Å². The molecule has 138 valence electrons. The lowest BCUT2D eigenvalue weighted by molar-refractivity contribution is -0.124. The van der Waals surface area contributed by atoms with E-state index >= 15 is 0 Å². The average molecular weight is 357 g/mol. The third-order valence-corrected chi connectivity index (χ3v) is 3.83. The molecule has 1 aromatic carbocycles. The zero-order chi connectivity index (χ0) is 19.3. The highest BCUT2D eigenvalue weighted by atomic mass is 16.3. The van der Waals surface area contributed by atoms with Crippen molar-refractivity contribution in [3.8, 4) is 5.75 Å². The van der Waals surface area contributed by atoms with Crippen LogP contribution in [-0.2, 0) is 18.4 Å². The molecule has 7 heteroatoms. The van der Waals surface area contributed by atoms with Crippen LogP contribution in [0.5, 0.6) is 5.75 Å². The van der Waals surface area contributed by atoms with E-state index in [4.69, 9.17) is 0 Å². The number of rotatable bonds is 5. The van der Waals surface area contributed by atoms with E-state index in [1.165, 1.54) is 17.8 Å². The van der Waals surface area contributed by atoms with Crippen LogP contribution < -0.4 is 16.2 Å². The SMILES string of the molecule is CC.Cn1cc(NC2=C(NCc3ccccc3)C(O)C2=O)c(O)cc1=O. The maximum absolute atomic E-state index is 11.9. The number of nitrogens with one attached hydrogen (secondary N) is 2. The fourth-order valence-corrected chi connectivity index (χ4v) is 2.42. The van der Waals surface area contributed by atoms with Gasteiger partial charge in [0.2, 0.25) is 5.78 Å². The molecule has 7 nitrogen and oxygen atoms in total. The number of ketones is 1. The molecule has 2 aromatic rings. The minimum Gasteiger partial charge on any atom is -0.506 e. The Morgan fingerprint density at radius 2 is 1.81 bits per heavy atom. The fraction of sp³-hybridized carbons (Fsp3) is 0.263. The molecule has 0 saturated carbocycles. The number of aryl methyl sites for hydroxylation is 1. The number of benzene rings is 1. The molecule has 1 aromatic heterocycles. The minimum atomic E-state index is -1.22. The molecular formula is C19H23N3O4. The maximum atomic E-state index is 11.9. The van der Waals surface area contributed by atoms with Crippen LogP contribution in [0, 0.1) is 0 Å². The summed E-state index contributed by atoms with van der Waals surface area (Å²) in [5.41, 5.74) is 1.38. The van der Waals surface area contributed by atoms with E-state index in [0.717, 1.165) is 11.6 Å². The molecular weight excluding hydrogens is 334 g/mol. The van der Waals surface area contributed by atoms with Crippen molar-refractivity contribution >= 4 is 11.5 Å². The number of carbonyl (C=O) groups is 1. The maximum Gasteiger partial charge on any atom is 0.254 e. The topological polar surface area (TPSA) is 104 Å². The first-order valence-electron chi connectivity index (χ1n) is 8.38. The third-order valence-electron chi connectivity index (χ3n) is 3.83. The Bertz CT molecular complexity index is 872. The van der Waals surface area contributed by atoms with Crippen molar-refractivity contribution in [3.05, 3.63) is 69.9 Å². The highest BCUT2D eigenvalue weighted by Gasteiger charge is 2.38. The van der Waals surface area contributed by atoms with Gasteiger partial charge in [-0.15, -0.1) is 0 Å². The van der Waals surface area contributed by atoms with E-state index in [1.807, 2.05) is 44.2 Å². The molecule has 4 N–H and O–H groups in total. The number of aliphatic hydroxyl groups excluding tert-OH is 1. The zero-order valence-corrected chi connectivity index (χ0v) is 15.0. The first-order chi connectivity index (χ1) is 12.5. The summed E-state index contributed by atoms with van der Waals surface area (Å²) >= 11 is 0. The number of aromatic nitrogens is 1. The van der Waals surface area contributed by atoms with Gasteiger partial charge in [0, 0.05) is 25.9 Å². The molecule has 1 unspecified atom stereocenters. The number of hydrogen-bond acceptors (Lipinski definition) is 6. The first-order valence-corrected chi connectivity index (χ1v) is 8.38. The molecule has 1 aliphatic carbocycles. The van der Waals surface area contributed by atoms with Crippen molar-refractivity contribution in [2.45, 2.75) is 26.5 Å². The Morgan fingerprint density at radius 1 is 1.15 bits per heavy atom. The molecule has 0 fully saturated rings. The molecule has 1 atom stereocenters. The molecule has 0 radical (unpaired) electrons. The van der Waals surface area contributed by atoms with E-state index < -0.39 is 11.9 Å². The molecule has 1 aliphatic rings. The summed E-state index contributed by atoms with van der Waals surface area (Å²) in [5.74, 6) is -0.735. The lowest BCUT2D eigenvalue weighted by Crippen LogP contribution is -2.45. The van der Waals surface area contributed by atoms with Gasteiger partial charge in [0.05, 0.1) is 11.4 Å². The highest BCUT2D eigenvalue weighted by Crippen LogP contribution is 2.28. The lowest BCUT2D eigenvalue weighted by Gasteiger charge is -2.29. The van der Waals surface area contributed by atoms with Crippen molar-refractivity contribution in [3.63, 3.8) is 0 Å². The number of anilines is 1. The van der Waals surface area contributed by atoms with Crippen LogP contribution in [0.25, 0.3) is 0 Å². The average Bonchev–Trinajstić information content (AvgIpc) is 2.67. The number of nitrogens with zero attached hydrogens (tertiary/aromatic N) is 1. The summed E-state index contributed by atoms with van der Waals surface area (Å²) in [4.78, 5) is 23.3. The Hall–Kier alpha value is -3.06. The Kier molecular flexibility index (Phi) is 6.19. The summed E-state index contributed by atoms with van der Waals surface area (Å²) < 4.78 is 1.28. The molecule has 3 rings (SSSR count). The van der Waals surface area contributed by atoms with Gasteiger partial charge in [-0.05, 0) is 5.56 Å². The molecule has 26 heavy (non-hydrogen) atoms. The summed E-state index contributed by atoms with van der Waals surface area (Å²) in [5, 5.41) is 25.5. The Balaban J connectivity index is 0.00000117. The van der Waals surface area contributed by atoms with Crippen LogP contribution in [0.15, 0.2) is 58.8 Å². The van der Waals surface area contributed by atoms with Gasteiger partial charge in [0.1, 0.15) is 11.4 Å². The van der Waals surface area contributed by atoms with Gasteiger partial charge < -0.3 is 25.4 Å². The molecule has 0 spiro atoms. The molecule has 1 heterocycles. The lowest BCUT2D eigenvalue weighted by atomic mass is 9.94. The minimum absolute atomic E-state index is 0.174. The first kappa shape index (κ1) is 19.3. The van der Waals surface area contributed by atoms with Crippen LogP contribution in [0.3, 0.4) is 0 Å². The van der Waals surface area contributed by atoms with Gasteiger partial charge >= 0.3 is 0 Å². The van der Waals surface area contributed by atoms with Gasteiger partial charge in [-0.1, -0.05) is 44.2 Å². The monoisotopic (exact) mass is 357 g/mol. The predicted octanol–water partition coefficient (Wildman–Crippen LogP) is 1.47. The zero-order valence-electron chi connectivity index (χ0n) is 15.0. The second-order valence-electron chi connectivity index (χ2n) is 5.54. The van der Waals surface area contributed by atoms with Crippen LogP contribution in [0.1, 0.15) is 19.4 Å². The van der Waals surface area contributed by atoms with Gasteiger partial charge in [0.25, 0.3) is 5.56 Å². The normalized spacial score (nSPS) is 15.7. The highest BCUT2D eigenvalue weighted by molar-refractivity contribution is 6.10. The van der Waals surface area contributed by atoms with E-state index in [9.17, 15) is 19.8 Å². The standard InChI is InChI=1S/C17H17N3O4.C2H6/c1-20-9-11(12(21)7-13(20)22)19-15-14(16(23)17(15)24)18-8-10-5-3-2-4-6-10;1-2/h2-7,9,16,18-19,21,23H,8H2,1H3;1-2H3. The molecule has 0 amide bonds. The van der Waals surface area contributed by atoms with Crippen molar-refractivity contribution < 1.29 is 15.0 Å². The van der Waals surface area contributed by atoms with Crippen molar-refractivity contribution in [1.82, 2.24) is 9.88 Å². The van der Waals surface area contributed by atoms with E-state index in [2.05, 4.69) is 10.6 Å². The van der Waals surface area contributed by atoms with E-state index in [0.29, 0.717) is 12.2 Å². The van der Waals surface area contributed by atoms with Crippen LogP contribution >= 0.6 is 0 Å². The number of Topliss-reactive ketones (excluding diaryl/α,β-unsaturated/α-hetero) is 1. The second kappa shape index (κ2) is 8.35. The third kappa shape index (κ3) is 3.94. The van der Waals surface area contributed by atoms with E-state index in [1.54, 1.807) is 0 Å². The number of aromatic hydroxyl groups is 1. The van der Waals surface area contributed by atoms with Gasteiger partial charge in [-0.3, -0.25) is 9.59 Å². The summed E-state index contributed by atoms with van der Waals surface area (Å²) in [6.07, 6.45) is 0.170. The van der Waals surface area contributed by atoms with E-state index in [-0.39, 0.29) is 22.7 Å². The molecule has 0 aliphatic heterocycles. The quantitative estimate of drug-likeness (QED) is 0.646. The predicted molar refractivity (Wildman–Crippen MR) is 99.6 cm³/mol. The Labute approximate surface area is 151 Å². The number of pyridine rings is 1. The summed E-state index contributed by atoms with van der Waals surface area (Å²) in [6, 6.07) is 10.6. The smallest absolute Gasteiger partial charge is 0.254 e. The number of carbonyl (C=O) groups excluding carboxylic acids is 1. The van der Waals surface area contributed by atoms with Crippen molar-refractivity contribution in [2.75, 3.05) is 5.32 Å². The Morgan fingerprint density at radius 3 is 2.46 bits per heavy atom. The van der Waals surface area contributed by atoms with Gasteiger partial charge in [-0.2, -0.15) is 0 Å². The van der Waals surface area contributed by atoms with Gasteiger partial charge in [-0.25, -0.2) is 0 Å². The molecule has 0 saturated heterocycles. The summed E-state index contributed by atoms with van der Waals surface area (Å²) in [6.45, 7) is 4.45. The van der Waals surface area contributed by atoms with Crippen LogP contribution in [-0.4, -0.2) is 26.7 Å². The fourth-order valence-electron chi connectivity index (χ4n) is 2.42. The molecule has 0 bridgehead atoms. The van der Waals surface area contributed by atoms with Crippen LogP contribution in [0.4, 0.5) is 5.69 Å². The second-order valence-corrected chi connectivity index (χ2v) is 5.54. The number of aliphatic hydroxyl groups is 1. The summed E-state index contributed by atoms with van der Waals surface area (Å²) in [7, 11) is 1.54. The van der Waals surface area contributed by atoms with Crippen LogP contribution in [0.2, 0.25) is 0 Å². The van der Waals surface area contributed by atoms with Crippen molar-refractivity contribution in [1.29, 1.82) is 0 Å².